The predicted octanol–water partition coefficient (Wildman–Crippen LogP) is 6.72. The van der Waals surface area contributed by atoms with E-state index in [2.05, 4.69) is 10.0 Å². The zero-order chi connectivity index (χ0) is 26.2. The minimum atomic E-state index is -1.41. The summed E-state index contributed by atoms with van der Waals surface area (Å²) in [6.07, 6.45) is 8.74. The minimum Gasteiger partial charge on any atom is -0.349 e. The molecule has 0 radical (unpaired) electrons. The molecule has 5 nitrogen and oxygen atoms in total. The Morgan fingerprint density at radius 2 is 1.70 bits per heavy atom. The van der Waals surface area contributed by atoms with Crippen LogP contribution in [0, 0.1) is 11.9 Å². The Morgan fingerprint density at radius 3 is 2.35 bits per heavy atom. The number of benzene rings is 2. The number of rotatable bonds is 7. The number of halogens is 1. The predicted molar refractivity (Wildman–Crippen MR) is 148 cm³/mol. The highest BCUT2D eigenvalue weighted by Crippen LogP contribution is 2.36. The highest BCUT2D eigenvalue weighted by Gasteiger charge is 2.28. The Labute approximate surface area is 221 Å². The van der Waals surface area contributed by atoms with Crippen molar-refractivity contribution in [1.29, 1.82) is 0 Å². The van der Waals surface area contributed by atoms with Gasteiger partial charge in [-0.3, -0.25) is 4.79 Å². The van der Waals surface area contributed by atoms with Gasteiger partial charge in [-0.2, -0.15) is 4.39 Å². The molecule has 198 valence electrons. The van der Waals surface area contributed by atoms with Crippen molar-refractivity contribution in [3.05, 3.63) is 54.0 Å². The highest BCUT2D eigenvalue weighted by molar-refractivity contribution is 7.83. The second kappa shape index (κ2) is 10.7. The van der Waals surface area contributed by atoms with Crippen molar-refractivity contribution >= 4 is 27.7 Å². The standard InChI is InChI=1S/C30H38FN3O2S/c1-30(2,3)33-37(36)27-17-16-23(22-14-7-8-15-24(22)27)26-18-25(29(35)32-21-12-9-13-21)28(31)34(26)19-20-10-5-4-6-11-20/h7-8,14-18,20-21,33H,4-6,9-13,19H2,1-3H3,(H,32,35). The van der Waals surface area contributed by atoms with E-state index in [0.29, 0.717) is 23.1 Å². The molecule has 3 aromatic rings. The molecule has 2 aliphatic rings. The van der Waals surface area contributed by atoms with Gasteiger partial charge in [0.1, 0.15) is 11.0 Å². The van der Waals surface area contributed by atoms with Crippen molar-refractivity contribution in [3.63, 3.8) is 0 Å². The van der Waals surface area contributed by atoms with Gasteiger partial charge in [-0.05, 0) is 81.7 Å². The minimum absolute atomic E-state index is 0.115. The lowest BCUT2D eigenvalue weighted by Crippen LogP contribution is -2.39. The van der Waals surface area contributed by atoms with E-state index in [9.17, 15) is 9.00 Å². The monoisotopic (exact) mass is 523 g/mol. The molecule has 0 spiro atoms. The van der Waals surface area contributed by atoms with E-state index < -0.39 is 16.9 Å². The zero-order valence-electron chi connectivity index (χ0n) is 22.1. The first-order chi connectivity index (χ1) is 17.7. The van der Waals surface area contributed by atoms with Gasteiger partial charge in [-0.1, -0.05) is 49.6 Å². The van der Waals surface area contributed by atoms with Crippen LogP contribution in [0.4, 0.5) is 4.39 Å². The van der Waals surface area contributed by atoms with E-state index in [4.69, 9.17) is 0 Å². The third-order valence-electron chi connectivity index (χ3n) is 7.64. The van der Waals surface area contributed by atoms with E-state index in [1.165, 1.54) is 19.3 Å². The molecule has 0 bridgehead atoms. The smallest absolute Gasteiger partial charge is 0.256 e. The number of nitrogens with zero attached hydrogens (tertiary/aromatic N) is 1. The average molecular weight is 524 g/mol. The van der Waals surface area contributed by atoms with E-state index in [0.717, 1.165) is 48.4 Å². The number of carbonyl (C=O) groups is 1. The lowest BCUT2D eigenvalue weighted by atomic mass is 9.89. The van der Waals surface area contributed by atoms with Gasteiger partial charge in [0, 0.05) is 23.7 Å². The molecule has 0 saturated heterocycles. The molecule has 1 amide bonds. The van der Waals surface area contributed by atoms with E-state index in [1.54, 1.807) is 10.6 Å². The SMILES string of the molecule is CC(C)(C)NS(=O)c1ccc(-c2cc(C(=O)NC3CCC3)c(F)n2CC2CCCCC2)c2ccccc12. The molecule has 1 aromatic heterocycles. The lowest BCUT2D eigenvalue weighted by Gasteiger charge is -2.26. The van der Waals surface area contributed by atoms with Crippen LogP contribution in [-0.4, -0.2) is 26.3 Å². The highest BCUT2D eigenvalue weighted by atomic mass is 32.2. The number of fused-ring (bicyclic) bond motifs is 1. The quantitative estimate of drug-likeness (QED) is 0.361. The summed E-state index contributed by atoms with van der Waals surface area (Å²) < 4.78 is 34.1. The summed E-state index contributed by atoms with van der Waals surface area (Å²) in [5.41, 5.74) is 1.36. The van der Waals surface area contributed by atoms with Gasteiger partial charge in [-0.15, -0.1) is 0 Å². The maximum absolute atomic E-state index is 16.0. The first kappa shape index (κ1) is 26.1. The fourth-order valence-corrected chi connectivity index (χ4v) is 6.75. The molecule has 0 aliphatic heterocycles. The largest absolute Gasteiger partial charge is 0.349 e. The summed E-state index contributed by atoms with van der Waals surface area (Å²) in [6, 6.07) is 13.5. The molecule has 2 fully saturated rings. The van der Waals surface area contributed by atoms with Crippen LogP contribution in [0.1, 0.15) is 82.5 Å². The van der Waals surface area contributed by atoms with Crippen molar-refractivity contribution in [1.82, 2.24) is 14.6 Å². The topological polar surface area (TPSA) is 63.1 Å². The molecule has 1 atom stereocenters. The van der Waals surface area contributed by atoms with E-state index in [1.807, 2.05) is 57.2 Å². The van der Waals surface area contributed by atoms with Crippen LogP contribution in [0.3, 0.4) is 0 Å². The van der Waals surface area contributed by atoms with Crippen molar-refractivity contribution in [3.8, 4) is 11.3 Å². The molecule has 2 N–H and O–H groups in total. The fraction of sp³-hybridized carbons (Fsp3) is 0.500. The molecule has 1 heterocycles. The summed E-state index contributed by atoms with van der Waals surface area (Å²) in [7, 11) is -1.41. The third kappa shape index (κ3) is 5.68. The molecule has 2 aliphatic carbocycles. The van der Waals surface area contributed by atoms with Gasteiger partial charge >= 0.3 is 0 Å². The van der Waals surface area contributed by atoms with Gasteiger partial charge in [0.2, 0.25) is 5.95 Å². The van der Waals surface area contributed by atoms with Crippen LogP contribution in [0.2, 0.25) is 0 Å². The molecule has 1 unspecified atom stereocenters. The number of amides is 1. The van der Waals surface area contributed by atoms with Crippen molar-refractivity contribution < 1.29 is 13.4 Å². The number of hydrogen-bond donors (Lipinski definition) is 2. The third-order valence-corrected chi connectivity index (χ3v) is 9.19. The maximum Gasteiger partial charge on any atom is 0.256 e. The molecule has 5 rings (SSSR count). The number of aromatic nitrogens is 1. The van der Waals surface area contributed by atoms with Crippen molar-refractivity contribution in [2.45, 2.75) is 95.2 Å². The molecular weight excluding hydrogens is 485 g/mol. The van der Waals surface area contributed by atoms with Crippen molar-refractivity contribution in [2.24, 2.45) is 5.92 Å². The summed E-state index contributed by atoms with van der Waals surface area (Å²) >= 11 is 0. The average Bonchev–Trinajstić information content (AvgIpc) is 3.16. The second-order valence-electron chi connectivity index (χ2n) is 11.7. The molecule has 7 heteroatoms. The Morgan fingerprint density at radius 1 is 1.00 bits per heavy atom. The van der Waals surface area contributed by atoms with Crippen LogP contribution in [-0.2, 0) is 17.5 Å². The lowest BCUT2D eigenvalue weighted by molar-refractivity contribution is 0.0912. The number of nitrogens with one attached hydrogen (secondary N) is 2. The molecular formula is C30H38FN3O2S. The molecule has 2 saturated carbocycles. The maximum atomic E-state index is 16.0. The number of hydrogen-bond acceptors (Lipinski definition) is 2. The Balaban J connectivity index is 1.60. The van der Waals surface area contributed by atoms with Gasteiger partial charge in [0.25, 0.3) is 5.91 Å². The van der Waals surface area contributed by atoms with Crippen LogP contribution >= 0.6 is 0 Å². The zero-order valence-corrected chi connectivity index (χ0v) is 22.9. The Hall–Kier alpha value is -2.51. The number of carbonyl (C=O) groups excluding carboxylic acids is 1. The van der Waals surface area contributed by atoms with Crippen LogP contribution in [0.25, 0.3) is 22.0 Å². The van der Waals surface area contributed by atoms with Gasteiger partial charge in [-0.25, -0.2) is 8.93 Å². The Bertz CT molecular complexity index is 1320. The van der Waals surface area contributed by atoms with Gasteiger partial charge in [0.05, 0.1) is 16.2 Å². The van der Waals surface area contributed by atoms with E-state index in [-0.39, 0.29) is 23.1 Å². The van der Waals surface area contributed by atoms with Crippen LogP contribution < -0.4 is 10.0 Å². The van der Waals surface area contributed by atoms with Crippen LogP contribution in [0.15, 0.2) is 47.4 Å². The fourth-order valence-electron chi connectivity index (χ4n) is 5.52. The van der Waals surface area contributed by atoms with Crippen molar-refractivity contribution in [2.75, 3.05) is 0 Å². The normalized spacial score (nSPS) is 18.1. The first-order valence-electron chi connectivity index (χ1n) is 13.6. The van der Waals surface area contributed by atoms with Gasteiger partial charge < -0.3 is 9.88 Å². The second-order valence-corrected chi connectivity index (χ2v) is 12.9. The first-order valence-corrected chi connectivity index (χ1v) is 14.8. The summed E-state index contributed by atoms with van der Waals surface area (Å²) in [6.45, 7) is 6.52. The summed E-state index contributed by atoms with van der Waals surface area (Å²) in [5, 5.41) is 4.77. The van der Waals surface area contributed by atoms with Gasteiger partial charge in [0.15, 0.2) is 0 Å². The summed E-state index contributed by atoms with van der Waals surface area (Å²) in [5.74, 6) is -0.392. The molecule has 37 heavy (non-hydrogen) atoms. The Kier molecular flexibility index (Phi) is 7.55. The van der Waals surface area contributed by atoms with Crippen LogP contribution in [0.5, 0.6) is 0 Å². The van der Waals surface area contributed by atoms with E-state index >= 15 is 4.39 Å². The summed E-state index contributed by atoms with van der Waals surface area (Å²) in [4.78, 5) is 13.8. The molecule has 2 aromatic carbocycles.